The molecule has 0 aromatic carbocycles. The van der Waals surface area contributed by atoms with Gasteiger partial charge in [-0.25, -0.2) is 17.9 Å². The summed E-state index contributed by atoms with van der Waals surface area (Å²) in [7, 11) is -2.29. The molecule has 0 atom stereocenters. The molecule has 0 aliphatic rings. The van der Waals surface area contributed by atoms with Crippen LogP contribution in [0.3, 0.4) is 0 Å². The van der Waals surface area contributed by atoms with Gasteiger partial charge in [-0.05, 0) is 30.2 Å². The van der Waals surface area contributed by atoms with E-state index in [1.165, 1.54) is 17.8 Å². The first-order valence-electron chi connectivity index (χ1n) is 6.10. The van der Waals surface area contributed by atoms with Gasteiger partial charge in [0.05, 0.1) is 0 Å². The summed E-state index contributed by atoms with van der Waals surface area (Å²) in [5.74, 6) is -1.18. The number of hydrogen-bond acceptors (Lipinski definition) is 4. The van der Waals surface area contributed by atoms with E-state index in [9.17, 15) is 13.2 Å². The molecule has 21 heavy (non-hydrogen) atoms. The lowest BCUT2D eigenvalue weighted by molar-refractivity contribution is 0.0686. The number of carbonyl (C=O) groups is 1. The maximum absolute atomic E-state index is 12.2. The minimum absolute atomic E-state index is 0.0797. The quantitative estimate of drug-likeness (QED) is 0.854. The SMILES string of the molecule is Cc1ccncc1CNS(=O)(=O)c1cc(C(=O)O)n(C)c1. The first-order valence-corrected chi connectivity index (χ1v) is 7.58. The Morgan fingerprint density at radius 3 is 2.76 bits per heavy atom. The number of nitrogens with zero attached hydrogens (tertiary/aromatic N) is 2. The molecule has 7 nitrogen and oxygen atoms in total. The van der Waals surface area contributed by atoms with E-state index in [0.717, 1.165) is 17.2 Å². The molecule has 0 radical (unpaired) electrons. The fourth-order valence-corrected chi connectivity index (χ4v) is 2.91. The third-order valence-electron chi connectivity index (χ3n) is 3.11. The molecule has 0 aliphatic carbocycles. The second kappa shape index (κ2) is 5.66. The van der Waals surface area contributed by atoms with Crippen molar-refractivity contribution in [2.24, 2.45) is 7.05 Å². The zero-order valence-corrected chi connectivity index (χ0v) is 12.4. The van der Waals surface area contributed by atoms with Crippen molar-refractivity contribution in [2.75, 3.05) is 0 Å². The highest BCUT2D eigenvalue weighted by Gasteiger charge is 2.20. The highest BCUT2D eigenvalue weighted by molar-refractivity contribution is 7.89. The Balaban J connectivity index is 2.21. The third kappa shape index (κ3) is 3.29. The number of hydrogen-bond donors (Lipinski definition) is 2. The molecule has 0 bridgehead atoms. The van der Waals surface area contributed by atoms with Crippen LogP contribution in [0.5, 0.6) is 0 Å². The zero-order valence-electron chi connectivity index (χ0n) is 11.6. The van der Waals surface area contributed by atoms with Crippen molar-refractivity contribution >= 4 is 16.0 Å². The number of nitrogens with one attached hydrogen (secondary N) is 1. The fraction of sp³-hybridized carbons (Fsp3) is 0.231. The number of pyridine rings is 1. The third-order valence-corrected chi connectivity index (χ3v) is 4.48. The Kier molecular flexibility index (Phi) is 4.10. The zero-order chi connectivity index (χ0) is 15.6. The van der Waals surface area contributed by atoms with Gasteiger partial charge in [0.2, 0.25) is 10.0 Å². The van der Waals surface area contributed by atoms with E-state index in [0.29, 0.717) is 0 Å². The van der Waals surface area contributed by atoms with E-state index >= 15 is 0 Å². The van der Waals surface area contributed by atoms with Crippen molar-refractivity contribution < 1.29 is 18.3 Å². The van der Waals surface area contributed by atoms with Crippen molar-refractivity contribution in [1.29, 1.82) is 0 Å². The minimum Gasteiger partial charge on any atom is -0.477 e. The van der Waals surface area contributed by atoms with Gasteiger partial charge in [0.25, 0.3) is 0 Å². The Labute approximate surface area is 122 Å². The summed E-state index contributed by atoms with van der Waals surface area (Å²) in [6, 6.07) is 2.91. The average Bonchev–Trinajstić information content (AvgIpc) is 2.81. The number of carboxylic acids is 1. The molecule has 2 aromatic rings. The molecule has 2 rings (SSSR count). The topological polar surface area (TPSA) is 101 Å². The molecule has 0 fully saturated rings. The molecule has 2 heterocycles. The molecule has 0 spiro atoms. The van der Waals surface area contributed by atoms with Gasteiger partial charge >= 0.3 is 5.97 Å². The predicted octanol–water partition coefficient (Wildman–Crippen LogP) is 0.905. The van der Waals surface area contributed by atoms with Crippen LogP contribution in [0.1, 0.15) is 21.6 Å². The molecular weight excluding hydrogens is 294 g/mol. The standard InChI is InChI=1S/C13H15N3O4S/c1-9-3-4-14-6-10(9)7-15-21(19,20)11-5-12(13(17)18)16(2)8-11/h3-6,8,15H,7H2,1-2H3,(H,17,18). The lowest BCUT2D eigenvalue weighted by Gasteiger charge is -2.07. The summed E-state index contributed by atoms with van der Waals surface area (Å²) in [6.07, 6.45) is 4.48. The second-order valence-corrected chi connectivity index (χ2v) is 6.37. The number of sulfonamides is 1. The van der Waals surface area contributed by atoms with Crippen molar-refractivity contribution in [3.63, 3.8) is 0 Å². The normalized spacial score (nSPS) is 11.5. The predicted molar refractivity (Wildman–Crippen MR) is 75.4 cm³/mol. The van der Waals surface area contributed by atoms with E-state index < -0.39 is 16.0 Å². The summed E-state index contributed by atoms with van der Waals surface area (Å²) in [5.41, 5.74) is 1.59. The summed E-state index contributed by atoms with van der Waals surface area (Å²) in [4.78, 5) is 14.8. The molecule has 8 heteroatoms. The van der Waals surface area contributed by atoms with Crippen molar-refractivity contribution in [2.45, 2.75) is 18.4 Å². The average molecular weight is 309 g/mol. The van der Waals surface area contributed by atoms with Crippen molar-refractivity contribution in [1.82, 2.24) is 14.3 Å². The molecule has 0 amide bonds. The monoisotopic (exact) mass is 309 g/mol. The lowest BCUT2D eigenvalue weighted by Crippen LogP contribution is -2.23. The smallest absolute Gasteiger partial charge is 0.352 e. The van der Waals surface area contributed by atoms with Crippen LogP contribution in [0.15, 0.2) is 35.6 Å². The maximum Gasteiger partial charge on any atom is 0.352 e. The molecule has 112 valence electrons. The molecule has 2 N–H and O–H groups in total. The van der Waals surface area contributed by atoms with Crippen molar-refractivity contribution in [3.8, 4) is 0 Å². The van der Waals surface area contributed by atoms with Gasteiger partial charge in [0.1, 0.15) is 10.6 Å². The van der Waals surface area contributed by atoms with Crippen LogP contribution >= 0.6 is 0 Å². The van der Waals surface area contributed by atoms with Crippen molar-refractivity contribution in [3.05, 3.63) is 47.5 Å². The number of aromatic carboxylic acids is 1. The molecular formula is C13H15N3O4S. The van der Waals surface area contributed by atoms with Crippen LogP contribution in [0.4, 0.5) is 0 Å². The van der Waals surface area contributed by atoms with E-state index in [1.807, 2.05) is 6.92 Å². The van der Waals surface area contributed by atoms with Gasteiger partial charge in [0, 0.05) is 32.2 Å². The van der Waals surface area contributed by atoms with Crippen LogP contribution in [0, 0.1) is 6.92 Å². The van der Waals surface area contributed by atoms with Gasteiger partial charge in [-0.1, -0.05) is 0 Å². The summed E-state index contributed by atoms with van der Waals surface area (Å²) < 4.78 is 28.0. The van der Waals surface area contributed by atoms with Crippen LogP contribution in [0.2, 0.25) is 0 Å². The first kappa shape index (κ1) is 15.2. The van der Waals surface area contributed by atoms with Crippen LogP contribution < -0.4 is 4.72 Å². The maximum atomic E-state index is 12.2. The van der Waals surface area contributed by atoms with Gasteiger partial charge in [0.15, 0.2) is 0 Å². The summed E-state index contributed by atoms with van der Waals surface area (Å²) in [5, 5.41) is 8.94. The van der Waals surface area contributed by atoms with Gasteiger partial charge in [-0.2, -0.15) is 0 Å². The Morgan fingerprint density at radius 1 is 1.48 bits per heavy atom. The van der Waals surface area contributed by atoms with E-state index in [4.69, 9.17) is 5.11 Å². The number of aryl methyl sites for hydroxylation is 2. The van der Waals surface area contributed by atoms with Crippen LogP contribution in [-0.2, 0) is 23.6 Å². The van der Waals surface area contributed by atoms with E-state index in [2.05, 4.69) is 9.71 Å². The lowest BCUT2D eigenvalue weighted by atomic mass is 10.2. The number of rotatable bonds is 5. The largest absolute Gasteiger partial charge is 0.477 e. The van der Waals surface area contributed by atoms with Crippen LogP contribution in [0.25, 0.3) is 0 Å². The highest BCUT2D eigenvalue weighted by atomic mass is 32.2. The Hall–Kier alpha value is -2.19. The Bertz CT molecular complexity index is 780. The summed E-state index contributed by atoms with van der Waals surface area (Å²) in [6.45, 7) is 1.95. The Morgan fingerprint density at radius 2 is 2.19 bits per heavy atom. The van der Waals surface area contributed by atoms with Gasteiger partial charge in [-0.15, -0.1) is 0 Å². The molecule has 0 saturated carbocycles. The number of aromatic nitrogens is 2. The molecule has 0 unspecified atom stereocenters. The minimum atomic E-state index is -3.77. The second-order valence-electron chi connectivity index (χ2n) is 4.60. The number of carboxylic acid groups (broad SMARTS) is 1. The first-order chi connectivity index (χ1) is 9.81. The van der Waals surface area contributed by atoms with Crippen LogP contribution in [-0.4, -0.2) is 29.0 Å². The summed E-state index contributed by atoms with van der Waals surface area (Å²) >= 11 is 0. The van der Waals surface area contributed by atoms with E-state index in [-0.39, 0.29) is 17.1 Å². The molecule has 0 aliphatic heterocycles. The van der Waals surface area contributed by atoms with Gasteiger partial charge in [-0.3, -0.25) is 4.98 Å². The van der Waals surface area contributed by atoms with Gasteiger partial charge < -0.3 is 9.67 Å². The van der Waals surface area contributed by atoms with E-state index in [1.54, 1.807) is 18.5 Å². The molecule has 2 aromatic heterocycles. The highest BCUT2D eigenvalue weighted by Crippen LogP contribution is 2.14. The molecule has 0 saturated heterocycles. The fourth-order valence-electron chi connectivity index (χ4n) is 1.83.